The smallest absolute Gasteiger partial charge is 0.255 e. The topological polar surface area (TPSA) is 76.7 Å². The van der Waals surface area contributed by atoms with E-state index in [0.29, 0.717) is 48.1 Å². The highest BCUT2D eigenvalue weighted by Gasteiger charge is 2.10. The maximum atomic E-state index is 13.0. The molecule has 0 aliphatic heterocycles. The van der Waals surface area contributed by atoms with Crippen LogP contribution in [0.4, 0.5) is 15.8 Å². The molecule has 3 aromatic carbocycles. The van der Waals surface area contributed by atoms with E-state index in [0.717, 1.165) is 0 Å². The summed E-state index contributed by atoms with van der Waals surface area (Å²) in [4.78, 5) is 25.0. The first-order valence-electron chi connectivity index (χ1n) is 9.84. The molecule has 3 rings (SSSR count). The molecule has 160 valence electrons. The molecule has 0 saturated carbocycles. The molecule has 0 bridgehead atoms. The lowest BCUT2D eigenvalue weighted by molar-refractivity contribution is 0.101. The molecule has 0 unspecified atom stereocenters. The van der Waals surface area contributed by atoms with Gasteiger partial charge in [0, 0.05) is 29.1 Å². The van der Waals surface area contributed by atoms with Crippen LogP contribution in [0.5, 0.6) is 5.75 Å². The first kappa shape index (κ1) is 22.0. The number of halogens is 1. The monoisotopic (exact) mass is 422 g/mol. The number of amides is 2. The Labute approximate surface area is 180 Å². The normalized spacial score (nSPS) is 10.4. The summed E-state index contributed by atoms with van der Waals surface area (Å²) in [5, 5.41) is 5.46. The van der Waals surface area contributed by atoms with Crippen molar-refractivity contribution in [3.63, 3.8) is 0 Å². The molecule has 0 atom stereocenters. The van der Waals surface area contributed by atoms with Gasteiger partial charge < -0.3 is 20.1 Å². The third-order valence-electron chi connectivity index (χ3n) is 4.30. The fourth-order valence-corrected chi connectivity index (χ4v) is 2.74. The molecule has 3 aromatic rings. The molecule has 0 aliphatic rings. The summed E-state index contributed by atoms with van der Waals surface area (Å²) in [6, 6.07) is 18.8. The van der Waals surface area contributed by atoms with Crippen LogP contribution in [0.3, 0.4) is 0 Å². The van der Waals surface area contributed by atoms with Gasteiger partial charge in [-0.3, -0.25) is 9.59 Å². The Kier molecular flexibility index (Phi) is 7.73. The van der Waals surface area contributed by atoms with Crippen molar-refractivity contribution in [2.75, 3.05) is 30.5 Å². The first-order chi connectivity index (χ1) is 15.0. The lowest BCUT2D eigenvalue weighted by Crippen LogP contribution is -2.14. The number of rotatable bonds is 9. The van der Waals surface area contributed by atoms with Gasteiger partial charge in [-0.15, -0.1) is 0 Å². The Morgan fingerprint density at radius 2 is 1.48 bits per heavy atom. The summed E-state index contributed by atoms with van der Waals surface area (Å²) in [5.74, 6) is -0.406. The number of anilines is 2. The molecule has 7 heteroatoms. The fraction of sp³-hybridized carbons (Fsp3) is 0.167. The number of carbonyl (C=O) groups is 2. The van der Waals surface area contributed by atoms with Crippen LogP contribution in [0, 0.1) is 5.82 Å². The molecule has 0 fully saturated rings. The second-order valence-electron chi connectivity index (χ2n) is 6.57. The minimum Gasteiger partial charge on any atom is -0.491 e. The summed E-state index contributed by atoms with van der Waals surface area (Å²) in [6.07, 6.45) is 0. The van der Waals surface area contributed by atoms with Crippen molar-refractivity contribution in [1.82, 2.24) is 0 Å². The maximum absolute atomic E-state index is 13.0. The first-order valence-corrected chi connectivity index (χ1v) is 9.84. The predicted octanol–water partition coefficient (Wildman–Crippen LogP) is 4.75. The molecule has 0 saturated heterocycles. The van der Waals surface area contributed by atoms with E-state index >= 15 is 0 Å². The van der Waals surface area contributed by atoms with Crippen LogP contribution in [-0.2, 0) is 4.74 Å². The van der Waals surface area contributed by atoms with Crippen LogP contribution in [0.15, 0.2) is 72.8 Å². The lowest BCUT2D eigenvalue weighted by Gasteiger charge is -2.10. The zero-order chi connectivity index (χ0) is 22.1. The van der Waals surface area contributed by atoms with Crippen LogP contribution < -0.4 is 15.4 Å². The van der Waals surface area contributed by atoms with Gasteiger partial charge in [0.15, 0.2) is 0 Å². The van der Waals surface area contributed by atoms with Crippen molar-refractivity contribution in [2.45, 2.75) is 6.92 Å². The zero-order valence-electron chi connectivity index (χ0n) is 17.1. The second-order valence-corrected chi connectivity index (χ2v) is 6.57. The van der Waals surface area contributed by atoms with Crippen LogP contribution >= 0.6 is 0 Å². The van der Waals surface area contributed by atoms with E-state index in [-0.39, 0.29) is 17.6 Å². The van der Waals surface area contributed by atoms with Crippen molar-refractivity contribution in [3.05, 3.63) is 89.7 Å². The van der Waals surface area contributed by atoms with Crippen molar-refractivity contribution in [2.24, 2.45) is 0 Å². The fourth-order valence-electron chi connectivity index (χ4n) is 2.74. The van der Waals surface area contributed by atoms with Gasteiger partial charge in [-0.2, -0.15) is 0 Å². The third-order valence-corrected chi connectivity index (χ3v) is 4.30. The van der Waals surface area contributed by atoms with Crippen molar-refractivity contribution in [3.8, 4) is 5.75 Å². The molecule has 0 aromatic heterocycles. The molecule has 0 radical (unpaired) electrons. The van der Waals surface area contributed by atoms with E-state index in [1.54, 1.807) is 48.5 Å². The quantitative estimate of drug-likeness (QED) is 0.488. The van der Waals surface area contributed by atoms with Gasteiger partial charge in [-0.05, 0) is 73.7 Å². The van der Waals surface area contributed by atoms with E-state index < -0.39 is 0 Å². The summed E-state index contributed by atoms with van der Waals surface area (Å²) in [7, 11) is 0. The molecular formula is C24H23FN2O4. The Balaban J connectivity index is 1.59. The SMILES string of the molecule is CCOCCOc1ccc(C(=O)Nc2cccc(C(=O)Nc3ccc(F)cc3)c2)cc1. The molecule has 0 aliphatic carbocycles. The van der Waals surface area contributed by atoms with E-state index in [9.17, 15) is 14.0 Å². The van der Waals surface area contributed by atoms with Crippen molar-refractivity contribution in [1.29, 1.82) is 0 Å². The Bertz CT molecular complexity index is 1020. The van der Waals surface area contributed by atoms with Gasteiger partial charge in [-0.25, -0.2) is 4.39 Å². The molecule has 6 nitrogen and oxygen atoms in total. The summed E-state index contributed by atoms with van der Waals surface area (Å²) in [6.45, 7) is 3.49. The van der Waals surface area contributed by atoms with Crippen LogP contribution in [0.1, 0.15) is 27.6 Å². The molecule has 0 spiro atoms. The van der Waals surface area contributed by atoms with Crippen LogP contribution in [0.2, 0.25) is 0 Å². The van der Waals surface area contributed by atoms with Crippen molar-refractivity contribution >= 4 is 23.2 Å². The van der Waals surface area contributed by atoms with Crippen LogP contribution in [0.25, 0.3) is 0 Å². The largest absolute Gasteiger partial charge is 0.491 e. The van der Waals surface area contributed by atoms with Gasteiger partial charge in [0.25, 0.3) is 11.8 Å². The number of hydrogen-bond donors (Lipinski definition) is 2. The highest BCUT2D eigenvalue weighted by atomic mass is 19.1. The number of nitrogens with one attached hydrogen (secondary N) is 2. The Morgan fingerprint density at radius 1 is 0.806 bits per heavy atom. The Morgan fingerprint density at radius 3 is 2.19 bits per heavy atom. The Hall–Kier alpha value is -3.71. The number of hydrogen-bond acceptors (Lipinski definition) is 4. The summed E-state index contributed by atoms with van der Waals surface area (Å²) >= 11 is 0. The van der Waals surface area contributed by atoms with E-state index in [1.165, 1.54) is 24.3 Å². The molecule has 2 amide bonds. The van der Waals surface area contributed by atoms with Gasteiger partial charge in [0.1, 0.15) is 18.2 Å². The van der Waals surface area contributed by atoms with Gasteiger partial charge in [-0.1, -0.05) is 6.07 Å². The van der Waals surface area contributed by atoms with E-state index in [1.807, 2.05) is 6.92 Å². The van der Waals surface area contributed by atoms with Crippen molar-refractivity contribution < 1.29 is 23.5 Å². The average Bonchev–Trinajstić information content (AvgIpc) is 2.79. The highest BCUT2D eigenvalue weighted by Crippen LogP contribution is 2.17. The number of carbonyl (C=O) groups excluding carboxylic acids is 2. The number of ether oxygens (including phenoxy) is 2. The maximum Gasteiger partial charge on any atom is 0.255 e. The second kappa shape index (κ2) is 10.9. The molecular weight excluding hydrogens is 399 g/mol. The third kappa shape index (κ3) is 6.65. The predicted molar refractivity (Wildman–Crippen MR) is 117 cm³/mol. The molecule has 2 N–H and O–H groups in total. The van der Waals surface area contributed by atoms with Gasteiger partial charge >= 0.3 is 0 Å². The number of benzene rings is 3. The van der Waals surface area contributed by atoms with Gasteiger partial charge in [0.2, 0.25) is 0 Å². The standard InChI is InChI=1S/C24H23FN2O4/c1-2-30-14-15-31-22-12-6-17(7-13-22)23(28)27-21-5-3-4-18(16-21)24(29)26-20-10-8-19(25)9-11-20/h3-13,16H,2,14-15H2,1H3,(H,26,29)(H,27,28). The molecule has 31 heavy (non-hydrogen) atoms. The molecule has 0 heterocycles. The van der Waals surface area contributed by atoms with Gasteiger partial charge in [0.05, 0.1) is 6.61 Å². The average molecular weight is 422 g/mol. The summed E-state index contributed by atoms with van der Waals surface area (Å²) in [5.41, 5.74) is 1.77. The zero-order valence-corrected chi connectivity index (χ0v) is 17.1. The summed E-state index contributed by atoms with van der Waals surface area (Å²) < 4.78 is 23.8. The minimum absolute atomic E-state index is 0.308. The van der Waals surface area contributed by atoms with E-state index in [2.05, 4.69) is 10.6 Å². The lowest BCUT2D eigenvalue weighted by atomic mass is 10.1. The highest BCUT2D eigenvalue weighted by molar-refractivity contribution is 6.07. The van der Waals surface area contributed by atoms with Crippen LogP contribution in [-0.4, -0.2) is 31.6 Å². The van der Waals surface area contributed by atoms with E-state index in [4.69, 9.17) is 9.47 Å². The minimum atomic E-state index is -0.382.